The lowest BCUT2D eigenvalue weighted by Crippen LogP contribution is -2.30. The summed E-state index contributed by atoms with van der Waals surface area (Å²) in [6.45, 7) is 0.346. The Labute approximate surface area is 125 Å². The van der Waals surface area contributed by atoms with E-state index in [0.717, 1.165) is 5.75 Å². The molecule has 0 aliphatic heterocycles. The van der Waals surface area contributed by atoms with Gasteiger partial charge in [-0.1, -0.05) is 0 Å². The summed E-state index contributed by atoms with van der Waals surface area (Å²) >= 11 is 1.60. The molecule has 5 nitrogen and oxygen atoms in total. The lowest BCUT2D eigenvalue weighted by molar-refractivity contribution is 0.298. The Morgan fingerprint density at radius 3 is 2.65 bits per heavy atom. The Morgan fingerprint density at radius 1 is 1.40 bits per heavy atom. The van der Waals surface area contributed by atoms with Crippen molar-refractivity contribution in [2.45, 2.75) is 11.3 Å². The van der Waals surface area contributed by atoms with Gasteiger partial charge in [0.25, 0.3) is 0 Å². The Kier molecular flexibility index (Phi) is 6.81. The summed E-state index contributed by atoms with van der Waals surface area (Å²) < 4.78 is 31.5. The summed E-state index contributed by atoms with van der Waals surface area (Å²) in [4.78, 5) is 0.232. The van der Waals surface area contributed by atoms with Crippen LogP contribution in [0.5, 0.6) is 5.75 Å². The zero-order valence-corrected chi connectivity index (χ0v) is 13.6. The van der Waals surface area contributed by atoms with Gasteiger partial charge in [-0.25, -0.2) is 12.7 Å². The zero-order valence-electron chi connectivity index (χ0n) is 12.0. The van der Waals surface area contributed by atoms with Gasteiger partial charge in [-0.3, -0.25) is 0 Å². The topological polar surface area (TPSA) is 66.8 Å². The lowest BCUT2D eigenvalue weighted by atomic mass is 10.1. The van der Waals surface area contributed by atoms with Crippen LogP contribution in [-0.2, 0) is 16.4 Å². The number of sulfonamides is 1. The molecule has 0 fully saturated rings. The van der Waals surface area contributed by atoms with Gasteiger partial charge in [0.1, 0.15) is 5.75 Å². The molecule has 0 bridgehead atoms. The molecule has 0 radical (unpaired) electrons. The molecule has 114 valence electrons. The van der Waals surface area contributed by atoms with E-state index in [2.05, 4.69) is 0 Å². The first-order valence-electron chi connectivity index (χ1n) is 6.20. The number of thioether (sulfide) groups is 1. The minimum atomic E-state index is -3.54. The van der Waals surface area contributed by atoms with Gasteiger partial charge in [0, 0.05) is 26.0 Å². The van der Waals surface area contributed by atoms with E-state index in [9.17, 15) is 8.42 Å². The normalized spacial score (nSPS) is 11.8. The van der Waals surface area contributed by atoms with Crippen molar-refractivity contribution in [2.75, 3.05) is 39.3 Å². The van der Waals surface area contributed by atoms with Crippen LogP contribution >= 0.6 is 11.8 Å². The second kappa shape index (κ2) is 7.87. The Balaban J connectivity index is 3.16. The number of nitrogens with zero attached hydrogens (tertiary/aromatic N) is 1. The summed E-state index contributed by atoms with van der Waals surface area (Å²) in [5.74, 6) is 1.32. The molecule has 1 rings (SSSR count). The minimum Gasteiger partial charge on any atom is -0.497 e. The predicted octanol–water partition coefficient (Wildman–Crippen LogP) is 1.21. The van der Waals surface area contributed by atoms with Gasteiger partial charge in [-0.2, -0.15) is 11.8 Å². The van der Waals surface area contributed by atoms with Crippen molar-refractivity contribution in [3.8, 4) is 5.75 Å². The predicted molar refractivity (Wildman–Crippen MR) is 82.0 cm³/mol. The lowest BCUT2D eigenvalue weighted by Gasteiger charge is -2.19. The number of hydrogen-bond acceptors (Lipinski definition) is 5. The van der Waals surface area contributed by atoms with Gasteiger partial charge in [0.2, 0.25) is 10.0 Å². The quantitative estimate of drug-likeness (QED) is 0.780. The van der Waals surface area contributed by atoms with Gasteiger partial charge in [0.05, 0.1) is 12.0 Å². The number of aliphatic hydroxyl groups is 1. The van der Waals surface area contributed by atoms with Crippen LogP contribution in [0.1, 0.15) is 5.56 Å². The summed E-state index contributed by atoms with van der Waals surface area (Å²) in [7, 11) is -0.443. The second-order valence-electron chi connectivity index (χ2n) is 4.27. The minimum absolute atomic E-state index is 0.107. The maximum absolute atomic E-state index is 12.5. The number of rotatable bonds is 8. The molecule has 1 aromatic rings. The molecular weight excluding hydrogens is 298 g/mol. The molecule has 0 spiro atoms. The monoisotopic (exact) mass is 319 g/mol. The SMILES string of the molecule is COc1ccc(S(=O)(=O)N(C)CCSC)c(CCO)c1. The van der Waals surface area contributed by atoms with Crippen molar-refractivity contribution in [2.24, 2.45) is 0 Å². The van der Waals surface area contributed by atoms with Crippen molar-refractivity contribution < 1.29 is 18.3 Å². The van der Waals surface area contributed by atoms with E-state index >= 15 is 0 Å². The van der Waals surface area contributed by atoms with E-state index in [-0.39, 0.29) is 17.9 Å². The van der Waals surface area contributed by atoms with E-state index in [0.29, 0.717) is 17.9 Å². The van der Waals surface area contributed by atoms with Gasteiger partial charge in [-0.15, -0.1) is 0 Å². The molecule has 7 heteroatoms. The molecule has 0 saturated heterocycles. The van der Waals surface area contributed by atoms with Crippen LogP contribution in [0.4, 0.5) is 0 Å². The number of aliphatic hydroxyl groups excluding tert-OH is 1. The third-order valence-corrected chi connectivity index (χ3v) is 5.50. The first-order valence-corrected chi connectivity index (χ1v) is 9.03. The highest BCUT2D eigenvalue weighted by molar-refractivity contribution is 7.98. The van der Waals surface area contributed by atoms with Crippen LogP contribution < -0.4 is 4.74 Å². The van der Waals surface area contributed by atoms with Gasteiger partial charge in [0.15, 0.2) is 0 Å². The largest absolute Gasteiger partial charge is 0.497 e. The van der Waals surface area contributed by atoms with Crippen LogP contribution in [0.2, 0.25) is 0 Å². The van der Waals surface area contributed by atoms with Gasteiger partial charge in [-0.05, 0) is 36.4 Å². The Morgan fingerprint density at radius 2 is 2.10 bits per heavy atom. The molecule has 0 aliphatic carbocycles. The molecule has 1 aromatic carbocycles. The second-order valence-corrected chi connectivity index (χ2v) is 7.27. The highest BCUT2D eigenvalue weighted by atomic mass is 32.2. The van der Waals surface area contributed by atoms with Crippen LogP contribution in [0.25, 0.3) is 0 Å². The highest BCUT2D eigenvalue weighted by Gasteiger charge is 2.23. The van der Waals surface area contributed by atoms with E-state index in [1.165, 1.54) is 17.5 Å². The Bertz CT molecular complexity index is 531. The fourth-order valence-electron chi connectivity index (χ4n) is 1.76. The average molecular weight is 319 g/mol. The first kappa shape index (κ1) is 17.3. The third-order valence-electron chi connectivity index (χ3n) is 2.95. The van der Waals surface area contributed by atoms with Gasteiger partial charge < -0.3 is 9.84 Å². The summed E-state index contributed by atoms with van der Waals surface area (Å²) in [6, 6.07) is 4.82. The molecule has 0 atom stereocenters. The molecule has 20 heavy (non-hydrogen) atoms. The maximum Gasteiger partial charge on any atom is 0.243 e. The number of benzene rings is 1. The number of ether oxygens (including phenoxy) is 1. The standard InChI is InChI=1S/C13H21NO4S2/c1-14(7-9-19-3)20(16,17)13-5-4-12(18-2)10-11(13)6-8-15/h4-5,10,15H,6-9H2,1-3H3. The van der Waals surface area contributed by atoms with Gasteiger partial charge >= 0.3 is 0 Å². The molecule has 0 heterocycles. The van der Waals surface area contributed by atoms with E-state index < -0.39 is 10.0 Å². The fraction of sp³-hybridized carbons (Fsp3) is 0.538. The number of hydrogen-bond donors (Lipinski definition) is 1. The molecule has 0 aromatic heterocycles. The molecule has 0 saturated carbocycles. The molecular formula is C13H21NO4S2. The summed E-state index contributed by atoms with van der Waals surface area (Å²) in [5, 5.41) is 9.10. The van der Waals surface area contributed by atoms with Crippen LogP contribution in [-0.4, -0.2) is 57.1 Å². The smallest absolute Gasteiger partial charge is 0.243 e. The van der Waals surface area contributed by atoms with Crippen LogP contribution in [0.3, 0.4) is 0 Å². The molecule has 1 N–H and O–H groups in total. The fourth-order valence-corrected chi connectivity index (χ4v) is 3.73. The van der Waals surface area contributed by atoms with Crippen LogP contribution in [0.15, 0.2) is 23.1 Å². The van der Waals surface area contributed by atoms with Crippen molar-refractivity contribution in [1.82, 2.24) is 4.31 Å². The van der Waals surface area contributed by atoms with Crippen LogP contribution in [0, 0.1) is 0 Å². The Hall–Kier alpha value is -0.760. The highest BCUT2D eigenvalue weighted by Crippen LogP contribution is 2.24. The van der Waals surface area contributed by atoms with Crippen molar-refractivity contribution in [3.63, 3.8) is 0 Å². The first-order chi connectivity index (χ1) is 9.47. The average Bonchev–Trinajstić information content (AvgIpc) is 2.44. The molecule has 0 aliphatic rings. The summed E-state index contributed by atoms with van der Waals surface area (Å²) in [5.41, 5.74) is 0.572. The van der Waals surface area contributed by atoms with E-state index in [1.807, 2.05) is 6.26 Å². The zero-order chi connectivity index (χ0) is 15.2. The van der Waals surface area contributed by atoms with Crippen molar-refractivity contribution >= 4 is 21.8 Å². The summed E-state index contributed by atoms with van der Waals surface area (Å²) in [6.07, 6.45) is 2.22. The molecule has 0 amide bonds. The molecule has 0 unspecified atom stereocenters. The van der Waals surface area contributed by atoms with E-state index in [1.54, 1.807) is 30.9 Å². The van der Waals surface area contributed by atoms with Crippen molar-refractivity contribution in [3.05, 3.63) is 23.8 Å². The van der Waals surface area contributed by atoms with E-state index in [4.69, 9.17) is 9.84 Å². The maximum atomic E-state index is 12.5. The van der Waals surface area contributed by atoms with Crippen molar-refractivity contribution in [1.29, 1.82) is 0 Å². The number of methoxy groups -OCH3 is 1. The third kappa shape index (κ3) is 4.12.